The maximum atomic E-state index is 12.8. The molecule has 6 nitrogen and oxygen atoms in total. The van der Waals surface area contributed by atoms with E-state index in [0.717, 1.165) is 5.39 Å². The predicted octanol–water partition coefficient (Wildman–Crippen LogP) is 6.08. The van der Waals surface area contributed by atoms with Gasteiger partial charge in [-0.15, -0.1) is 0 Å². The quantitative estimate of drug-likeness (QED) is 0.575. The molecular weight excluding hydrogens is 380 g/mol. The smallest absolute Gasteiger partial charge is 0.409 e. The van der Waals surface area contributed by atoms with E-state index in [2.05, 4.69) is 0 Å². The number of amides is 2. The van der Waals surface area contributed by atoms with Crippen LogP contribution in [0.1, 0.15) is 55.4 Å². The lowest BCUT2D eigenvalue weighted by molar-refractivity contribution is 0.122. The zero-order valence-electron chi connectivity index (χ0n) is 19.3. The SMILES string of the molecule is CC(C)N(C(=O)Oc1cccc2cccc(OC(=O)N(C(C)C)C(C)C)c12)C(C)C. The van der Waals surface area contributed by atoms with Gasteiger partial charge in [0, 0.05) is 24.2 Å². The van der Waals surface area contributed by atoms with Gasteiger partial charge in [0.15, 0.2) is 0 Å². The minimum Gasteiger partial charge on any atom is -0.409 e. The minimum absolute atomic E-state index is 0.00424. The summed E-state index contributed by atoms with van der Waals surface area (Å²) in [5.74, 6) is 0.737. The van der Waals surface area contributed by atoms with Crippen LogP contribution >= 0.6 is 0 Å². The third-order valence-corrected chi connectivity index (χ3v) is 4.87. The molecule has 164 valence electrons. The monoisotopic (exact) mass is 414 g/mol. The number of carbonyl (C=O) groups excluding carboxylic acids is 2. The Kier molecular flexibility index (Phi) is 7.71. The molecule has 0 aliphatic carbocycles. The predicted molar refractivity (Wildman–Crippen MR) is 120 cm³/mol. The summed E-state index contributed by atoms with van der Waals surface area (Å²) < 4.78 is 11.5. The van der Waals surface area contributed by atoms with Crippen molar-refractivity contribution >= 4 is 23.0 Å². The maximum Gasteiger partial charge on any atom is 0.415 e. The van der Waals surface area contributed by atoms with Gasteiger partial charge in [0.05, 0.1) is 5.39 Å². The topological polar surface area (TPSA) is 59.1 Å². The lowest BCUT2D eigenvalue weighted by Gasteiger charge is -2.30. The summed E-state index contributed by atoms with van der Waals surface area (Å²) in [7, 11) is 0. The van der Waals surface area contributed by atoms with Crippen molar-refractivity contribution in [3.63, 3.8) is 0 Å². The van der Waals surface area contributed by atoms with Crippen LogP contribution in [-0.4, -0.2) is 46.2 Å². The Labute approximate surface area is 179 Å². The molecule has 0 bridgehead atoms. The van der Waals surface area contributed by atoms with Gasteiger partial charge in [-0.2, -0.15) is 0 Å². The Bertz CT molecular complexity index is 805. The van der Waals surface area contributed by atoms with Gasteiger partial charge < -0.3 is 19.3 Å². The van der Waals surface area contributed by atoms with Crippen molar-refractivity contribution in [2.75, 3.05) is 0 Å². The highest BCUT2D eigenvalue weighted by Gasteiger charge is 2.25. The van der Waals surface area contributed by atoms with Gasteiger partial charge in [-0.3, -0.25) is 0 Å². The van der Waals surface area contributed by atoms with Crippen LogP contribution in [-0.2, 0) is 0 Å². The van der Waals surface area contributed by atoms with Crippen LogP contribution in [0.4, 0.5) is 9.59 Å². The molecule has 0 radical (unpaired) electrons. The van der Waals surface area contributed by atoms with Gasteiger partial charge in [-0.25, -0.2) is 9.59 Å². The van der Waals surface area contributed by atoms with Gasteiger partial charge in [0.25, 0.3) is 0 Å². The molecule has 0 spiro atoms. The highest BCUT2D eigenvalue weighted by atomic mass is 16.6. The second-order valence-electron chi connectivity index (χ2n) is 8.54. The Morgan fingerprint density at radius 3 is 1.27 bits per heavy atom. The van der Waals surface area contributed by atoms with Crippen molar-refractivity contribution < 1.29 is 19.1 Å². The number of carbonyl (C=O) groups is 2. The summed E-state index contributed by atoms with van der Waals surface area (Å²) in [4.78, 5) is 29.0. The van der Waals surface area contributed by atoms with E-state index in [9.17, 15) is 9.59 Å². The van der Waals surface area contributed by atoms with Crippen LogP contribution in [0, 0.1) is 0 Å². The Balaban J connectivity index is 2.44. The second kappa shape index (κ2) is 9.83. The fourth-order valence-electron chi connectivity index (χ4n) is 3.77. The minimum atomic E-state index is -0.431. The fraction of sp³-hybridized carbons (Fsp3) is 0.500. The molecule has 30 heavy (non-hydrogen) atoms. The first-order valence-corrected chi connectivity index (χ1v) is 10.6. The molecule has 0 aliphatic rings. The molecule has 2 amide bonds. The third-order valence-electron chi connectivity index (χ3n) is 4.87. The normalized spacial score (nSPS) is 11.5. The Hall–Kier alpha value is -2.76. The summed E-state index contributed by atoms with van der Waals surface area (Å²) in [6.07, 6.45) is -0.862. The van der Waals surface area contributed by atoms with Crippen LogP contribution < -0.4 is 9.47 Å². The molecule has 0 aliphatic heterocycles. The van der Waals surface area contributed by atoms with Gasteiger partial charge in [0.1, 0.15) is 11.5 Å². The van der Waals surface area contributed by atoms with Crippen LogP contribution in [0.25, 0.3) is 10.8 Å². The first-order valence-electron chi connectivity index (χ1n) is 10.6. The van der Waals surface area contributed by atoms with E-state index < -0.39 is 12.2 Å². The summed E-state index contributed by atoms with van der Waals surface area (Å²) in [5, 5.41) is 1.42. The molecule has 0 atom stereocenters. The van der Waals surface area contributed by atoms with E-state index in [-0.39, 0.29) is 24.2 Å². The summed E-state index contributed by atoms with van der Waals surface area (Å²) in [5.41, 5.74) is 0. The van der Waals surface area contributed by atoms with Crippen molar-refractivity contribution in [3.8, 4) is 11.5 Å². The standard InChI is InChI=1S/C24H34N2O4/c1-15(2)25(16(3)4)23(27)29-20-13-9-11-19-12-10-14-21(22(19)20)30-24(28)26(17(5)6)18(7)8/h9-18H,1-8H3. The number of ether oxygens (including phenoxy) is 2. The van der Waals surface area contributed by atoms with E-state index in [1.165, 1.54) is 0 Å². The van der Waals surface area contributed by atoms with E-state index >= 15 is 0 Å². The van der Waals surface area contributed by atoms with E-state index in [4.69, 9.17) is 9.47 Å². The zero-order valence-corrected chi connectivity index (χ0v) is 19.3. The van der Waals surface area contributed by atoms with E-state index in [0.29, 0.717) is 16.9 Å². The van der Waals surface area contributed by atoms with Crippen molar-refractivity contribution in [2.24, 2.45) is 0 Å². The number of rotatable bonds is 6. The number of nitrogens with zero attached hydrogens (tertiary/aromatic N) is 2. The molecule has 6 heteroatoms. The zero-order chi connectivity index (χ0) is 22.6. The van der Waals surface area contributed by atoms with Crippen molar-refractivity contribution in [1.29, 1.82) is 0 Å². The van der Waals surface area contributed by atoms with E-state index in [1.54, 1.807) is 21.9 Å². The number of fused-ring (bicyclic) bond motifs is 1. The molecule has 0 fully saturated rings. The van der Waals surface area contributed by atoms with Gasteiger partial charge >= 0.3 is 12.2 Å². The first-order chi connectivity index (χ1) is 14.0. The largest absolute Gasteiger partial charge is 0.415 e. The molecule has 0 heterocycles. The van der Waals surface area contributed by atoms with Crippen LogP contribution in [0.3, 0.4) is 0 Å². The number of hydrogen-bond acceptors (Lipinski definition) is 4. The van der Waals surface area contributed by atoms with Crippen LogP contribution in [0.15, 0.2) is 36.4 Å². The van der Waals surface area contributed by atoms with Gasteiger partial charge in [-0.1, -0.05) is 24.3 Å². The lowest BCUT2D eigenvalue weighted by atomic mass is 10.1. The highest BCUT2D eigenvalue weighted by Crippen LogP contribution is 2.35. The van der Waals surface area contributed by atoms with Crippen LogP contribution in [0.5, 0.6) is 11.5 Å². The Morgan fingerprint density at radius 2 is 0.967 bits per heavy atom. The highest BCUT2D eigenvalue weighted by molar-refractivity contribution is 5.96. The first kappa shape index (κ1) is 23.5. The molecule has 2 aromatic rings. The second-order valence-corrected chi connectivity index (χ2v) is 8.54. The molecule has 0 saturated heterocycles. The third kappa shape index (κ3) is 5.23. The average molecular weight is 415 g/mol. The van der Waals surface area contributed by atoms with Gasteiger partial charge in [0.2, 0.25) is 0 Å². The maximum absolute atomic E-state index is 12.8. The summed E-state index contributed by atoms with van der Waals surface area (Å²) >= 11 is 0. The average Bonchev–Trinajstić information content (AvgIpc) is 2.60. The van der Waals surface area contributed by atoms with Gasteiger partial charge in [-0.05, 0) is 72.9 Å². The fourth-order valence-corrected chi connectivity index (χ4v) is 3.77. The van der Waals surface area contributed by atoms with Crippen LogP contribution in [0.2, 0.25) is 0 Å². The van der Waals surface area contributed by atoms with Crippen molar-refractivity contribution in [3.05, 3.63) is 36.4 Å². The van der Waals surface area contributed by atoms with Crippen molar-refractivity contribution in [2.45, 2.75) is 79.6 Å². The molecule has 2 rings (SSSR count). The Morgan fingerprint density at radius 1 is 0.633 bits per heavy atom. The molecule has 0 saturated carbocycles. The molecule has 0 aromatic heterocycles. The summed E-state index contributed by atoms with van der Waals surface area (Å²) in [6, 6.07) is 10.9. The number of hydrogen-bond donors (Lipinski definition) is 0. The number of benzene rings is 2. The molecule has 0 unspecified atom stereocenters. The van der Waals surface area contributed by atoms with E-state index in [1.807, 2.05) is 79.7 Å². The van der Waals surface area contributed by atoms with Crippen molar-refractivity contribution in [1.82, 2.24) is 9.80 Å². The lowest BCUT2D eigenvalue weighted by Crippen LogP contribution is -2.44. The summed E-state index contributed by atoms with van der Waals surface area (Å²) in [6.45, 7) is 15.6. The molecular formula is C24H34N2O4. The molecule has 2 aromatic carbocycles. The molecule has 0 N–H and O–H groups in total.